The highest BCUT2D eigenvalue weighted by Gasteiger charge is 2.30. The van der Waals surface area contributed by atoms with Gasteiger partial charge in [0.05, 0.1) is 27.0 Å². The molecule has 0 bridgehead atoms. The lowest BCUT2D eigenvalue weighted by molar-refractivity contribution is 0.0944. The first kappa shape index (κ1) is 24.4. The van der Waals surface area contributed by atoms with Crippen LogP contribution in [0.2, 0.25) is 0 Å². The van der Waals surface area contributed by atoms with Crippen LogP contribution >= 0.6 is 11.3 Å². The highest BCUT2D eigenvalue weighted by molar-refractivity contribution is 7.12. The van der Waals surface area contributed by atoms with Gasteiger partial charge in [0.15, 0.2) is 16.7 Å². The predicted octanol–water partition coefficient (Wildman–Crippen LogP) is 7.78. The predicted molar refractivity (Wildman–Crippen MR) is 134 cm³/mol. The number of carbonyl (C=O) groups excluding carboxylic acids is 2. The van der Waals surface area contributed by atoms with Crippen LogP contribution in [0.15, 0.2) is 48.5 Å². The third kappa shape index (κ3) is 4.62. The van der Waals surface area contributed by atoms with Gasteiger partial charge in [0.2, 0.25) is 0 Å². The van der Waals surface area contributed by atoms with Gasteiger partial charge in [0, 0.05) is 24.9 Å². The van der Waals surface area contributed by atoms with E-state index in [1.54, 1.807) is 25.1 Å². The number of benzene rings is 2. The molecule has 1 aliphatic carbocycles. The fraction of sp³-hybridized carbons (Fsp3) is 0.321. The molecular formula is C28H25F3N2O2S. The fourth-order valence-corrected chi connectivity index (χ4v) is 5.91. The van der Waals surface area contributed by atoms with Crippen LogP contribution in [0.25, 0.3) is 22.4 Å². The number of carbonyl (C=O) groups is 2. The second-order valence-electron chi connectivity index (χ2n) is 9.30. The van der Waals surface area contributed by atoms with Crippen LogP contribution in [0.3, 0.4) is 0 Å². The number of aromatic nitrogens is 2. The number of rotatable bonds is 7. The Morgan fingerprint density at radius 2 is 1.83 bits per heavy atom. The lowest BCUT2D eigenvalue weighted by atomic mass is 9.82. The molecule has 186 valence electrons. The maximum Gasteiger partial charge on any atom is 0.177 e. The van der Waals surface area contributed by atoms with Gasteiger partial charge in [-0.3, -0.25) is 9.59 Å². The molecule has 0 spiro atoms. The average Bonchev–Trinajstić information content (AvgIpc) is 3.47. The van der Waals surface area contributed by atoms with Crippen molar-refractivity contribution in [2.45, 2.75) is 51.5 Å². The molecular weight excluding hydrogens is 485 g/mol. The van der Waals surface area contributed by atoms with E-state index >= 15 is 4.39 Å². The van der Waals surface area contributed by atoms with Crippen molar-refractivity contribution >= 4 is 33.9 Å². The van der Waals surface area contributed by atoms with Gasteiger partial charge in [0.1, 0.15) is 17.5 Å². The zero-order valence-corrected chi connectivity index (χ0v) is 20.6. The Balaban J connectivity index is 1.55. The van der Waals surface area contributed by atoms with Crippen LogP contribution in [0.1, 0.15) is 71.5 Å². The molecule has 2 aromatic carbocycles. The summed E-state index contributed by atoms with van der Waals surface area (Å²) < 4.78 is 45.2. The number of halogens is 3. The first-order valence-electron chi connectivity index (χ1n) is 12.1. The highest BCUT2D eigenvalue weighted by Crippen LogP contribution is 2.40. The average molecular weight is 511 g/mol. The van der Waals surface area contributed by atoms with E-state index in [-0.39, 0.29) is 40.6 Å². The molecule has 36 heavy (non-hydrogen) atoms. The standard InChI is InChI=1S/C28H25F3N2O2S/c1-2-24(34)19-14-22-23(15-21(19)30)33(28(32-22)18-8-3-4-9-20(18)29)17-7-5-6-16(12-17)13-25(35)26-10-11-27(31)36-26/h3-4,8-11,14-17H,2,5-7,12-13H2,1H3/t16-,17?/m1/s1. The van der Waals surface area contributed by atoms with Crippen molar-refractivity contribution < 1.29 is 22.8 Å². The van der Waals surface area contributed by atoms with Crippen molar-refractivity contribution in [2.24, 2.45) is 5.92 Å². The smallest absolute Gasteiger partial charge is 0.177 e. The van der Waals surface area contributed by atoms with E-state index in [0.29, 0.717) is 40.1 Å². The summed E-state index contributed by atoms with van der Waals surface area (Å²) in [5.41, 5.74) is 1.20. The van der Waals surface area contributed by atoms with Crippen LogP contribution in [0.5, 0.6) is 0 Å². The molecule has 2 heterocycles. The van der Waals surface area contributed by atoms with Crippen molar-refractivity contribution in [3.63, 3.8) is 0 Å². The molecule has 1 aliphatic rings. The van der Waals surface area contributed by atoms with Crippen LogP contribution in [0, 0.1) is 22.7 Å². The molecule has 1 unspecified atom stereocenters. The van der Waals surface area contributed by atoms with Crippen molar-refractivity contribution in [1.82, 2.24) is 9.55 Å². The Hall–Kier alpha value is -3.26. The number of fused-ring (bicyclic) bond motifs is 1. The van der Waals surface area contributed by atoms with Gasteiger partial charge in [-0.25, -0.2) is 13.8 Å². The second-order valence-corrected chi connectivity index (χ2v) is 10.3. The Morgan fingerprint density at radius 1 is 1.03 bits per heavy atom. The normalized spacial score (nSPS) is 18.0. The maximum atomic E-state index is 15.0. The number of thiophene rings is 1. The third-order valence-electron chi connectivity index (χ3n) is 6.96. The summed E-state index contributed by atoms with van der Waals surface area (Å²) in [6.07, 6.45) is 3.54. The van der Waals surface area contributed by atoms with Crippen LogP contribution in [-0.4, -0.2) is 21.1 Å². The number of hydrogen-bond acceptors (Lipinski definition) is 4. The van der Waals surface area contributed by atoms with E-state index in [4.69, 9.17) is 0 Å². The zero-order valence-electron chi connectivity index (χ0n) is 19.8. The van der Waals surface area contributed by atoms with E-state index in [2.05, 4.69) is 4.98 Å². The Kier molecular flexibility index (Phi) is 6.79. The topological polar surface area (TPSA) is 52.0 Å². The minimum Gasteiger partial charge on any atom is -0.321 e. The molecule has 8 heteroatoms. The van der Waals surface area contributed by atoms with Gasteiger partial charge >= 0.3 is 0 Å². The quantitative estimate of drug-likeness (QED) is 0.239. The molecule has 4 aromatic rings. The van der Waals surface area contributed by atoms with Gasteiger partial charge in [-0.15, -0.1) is 11.3 Å². The SMILES string of the molecule is CCC(=O)c1cc2nc(-c3ccccc3F)n(C3CCC[C@@H](CC(=O)c4ccc(F)s4)C3)c2cc1F. The molecule has 1 saturated carbocycles. The van der Waals surface area contributed by atoms with Crippen molar-refractivity contribution in [3.8, 4) is 11.4 Å². The molecule has 0 N–H and O–H groups in total. The summed E-state index contributed by atoms with van der Waals surface area (Å²) in [6.45, 7) is 1.67. The van der Waals surface area contributed by atoms with E-state index in [1.165, 1.54) is 30.3 Å². The molecule has 2 atom stereocenters. The second kappa shape index (κ2) is 10.0. The number of imidazole rings is 1. The number of ketones is 2. The molecule has 0 amide bonds. The lowest BCUT2D eigenvalue weighted by Gasteiger charge is -2.31. The first-order chi connectivity index (χ1) is 17.4. The summed E-state index contributed by atoms with van der Waals surface area (Å²) in [7, 11) is 0. The van der Waals surface area contributed by atoms with Gasteiger partial charge in [-0.05, 0) is 55.5 Å². The van der Waals surface area contributed by atoms with Crippen molar-refractivity contribution in [1.29, 1.82) is 0 Å². The van der Waals surface area contributed by atoms with Gasteiger partial charge in [-0.1, -0.05) is 25.5 Å². The molecule has 4 nitrogen and oxygen atoms in total. The number of Topliss-reactive ketones (excluding diaryl/α,β-unsaturated/α-hetero) is 2. The van der Waals surface area contributed by atoms with Crippen molar-refractivity contribution in [3.05, 3.63) is 75.7 Å². The molecule has 0 aliphatic heterocycles. The Morgan fingerprint density at radius 3 is 2.56 bits per heavy atom. The van der Waals surface area contributed by atoms with E-state index in [9.17, 15) is 18.4 Å². The van der Waals surface area contributed by atoms with Crippen LogP contribution in [0.4, 0.5) is 13.2 Å². The first-order valence-corrected chi connectivity index (χ1v) is 13.0. The van der Waals surface area contributed by atoms with Gasteiger partial charge < -0.3 is 4.57 Å². The maximum absolute atomic E-state index is 15.0. The molecule has 1 fully saturated rings. The summed E-state index contributed by atoms with van der Waals surface area (Å²) in [4.78, 5) is 30.1. The minimum absolute atomic E-state index is 0.0231. The molecule has 5 rings (SSSR count). The van der Waals surface area contributed by atoms with Crippen LogP contribution in [-0.2, 0) is 0 Å². The lowest BCUT2D eigenvalue weighted by Crippen LogP contribution is -2.22. The van der Waals surface area contributed by atoms with E-state index in [0.717, 1.165) is 30.6 Å². The monoisotopic (exact) mass is 510 g/mol. The molecule has 0 saturated heterocycles. The molecule has 0 radical (unpaired) electrons. The molecule has 2 aromatic heterocycles. The summed E-state index contributed by atoms with van der Waals surface area (Å²) in [5, 5.41) is -0.387. The van der Waals surface area contributed by atoms with E-state index in [1.807, 2.05) is 4.57 Å². The summed E-state index contributed by atoms with van der Waals surface area (Å²) in [5.74, 6) is -1.05. The van der Waals surface area contributed by atoms with Crippen LogP contribution < -0.4 is 0 Å². The highest BCUT2D eigenvalue weighted by atomic mass is 32.1. The zero-order chi connectivity index (χ0) is 25.4. The number of nitrogens with zero attached hydrogens (tertiary/aromatic N) is 2. The fourth-order valence-electron chi connectivity index (χ4n) is 5.23. The Bertz CT molecular complexity index is 1460. The van der Waals surface area contributed by atoms with Gasteiger partial charge in [-0.2, -0.15) is 4.39 Å². The summed E-state index contributed by atoms with van der Waals surface area (Å²) in [6, 6.07) is 11.8. The van der Waals surface area contributed by atoms with E-state index < -0.39 is 11.6 Å². The minimum atomic E-state index is -0.627. The van der Waals surface area contributed by atoms with Crippen molar-refractivity contribution in [2.75, 3.05) is 0 Å². The third-order valence-corrected chi connectivity index (χ3v) is 7.87. The number of hydrogen-bond donors (Lipinski definition) is 0. The summed E-state index contributed by atoms with van der Waals surface area (Å²) >= 11 is 0.851. The van der Waals surface area contributed by atoms with Gasteiger partial charge in [0.25, 0.3) is 0 Å². The largest absolute Gasteiger partial charge is 0.321 e. The Labute approximate surface area is 210 Å².